The maximum absolute atomic E-state index is 12.5. The minimum Gasteiger partial charge on any atom is -0.391 e. The van der Waals surface area contributed by atoms with Gasteiger partial charge >= 0.3 is 5.69 Å². The molecule has 3 rings (SSSR count). The second kappa shape index (κ2) is 8.18. The van der Waals surface area contributed by atoms with Crippen molar-refractivity contribution in [1.29, 1.82) is 0 Å². The summed E-state index contributed by atoms with van der Waals surface area (Å²) in [6.07, 6.45) is 3.84. The topological polar surface area (TPSA) is 155 Å². The van der Waals surface area contributed by atoms with Gasteiger partial charge in [0.1, 0.15) is 11.4 Å². The van der Waals surface area contributed by atoms with Crippen LogP contribution < -0.4 is 16.6 Å². The van der Waals surface area contributed by atoms with Crippen LogP contribution in [0.3, 0.4) is 0 Å². The van der Waals surface area contributed by atoms with Crippen LogP contribution in [0.4, 0.5) is 0 Å². The molecule has 0 saturated heterocycles. The number of aryl methyl sites for hydroxylation is 1. The van der Waals surface area contributed by atoms with Gasteiger partial charge in [-0.05, 0) is 12.1 Å². The van der Waals surface area contributed by atoms with Crippen LogP contribution in [-0.2, 0) is 33.7 Å². The molecule has 0 aliphatic rings. The van der Waals surface area contributed by atoms with Crippen LogP contribution in [0.25, 0.3) is 0 Å². The Hall–Kier alpha value is -3.61. The zero-order valence-corrected chi connectivity index (χ0v) is 16.2. The number of carbonyl (C=O) groups is 1. The number of hydrogen-bond donors (Lipinski definition) is 2. The Balaban J connectivity index is 1.83. The summed E-state index contributed by atoms with van der Waals surface area (Å²) < 4.78 is 3.73. The number of tetrazole rings is 1. The lowest BCUT2D eigenvalue weighted by molar-refractivity contribution is 0.0946. The highest BCUT2D eigenvalue weighted by Crippen LogP contribution is 1.98. The molecule has 13 nitrogen and oxygen atoms in total. The molecule has 0 fully saturated rings. The quantitative estimate of drug-likeness (QED) is 0.443. The van der Waals surface area contributed by atoms with Crippen LogP contribution >= 0.6 is 0 Å². The van der Waals surface area contributed by atoms with Crippen molar-refractivity contribution in [2.24, 2.45) is 14.1 Å². The first-order chi connectivity index (χ1) is 13.8. The number of amides is 1. The molecule has 0 aromatic carbocycles. The molecule has 0 spiro atoms. The Morgan fingerprint density at radius 1 is 1.31 bits per heavy atom. The summed E-state index contributed by atoms with van der Waals surface area (Å²) in [6, 6.07) is 0. The summed E-state index contributed by atoms with van der Waals surface area (Å²) >= 11 is 0. The van der Waals surface area contributed by atoms with E-state index >= 15 is 0 Å². The molecule has 29 heavy (non-hydrogen) atoms. The van der Waals surface area contributed by atoms with Crippen LogP contribution in [0.15, 0.2) is 28.2 Å². The number of nitrogens with zero attached hydrogens (tertiary/aromatic N) is 8. The lowest BCUT2D eigenvalue weighted by atomic mass is 10.3. The number of carbonyl (C=O) groups excluding carboxylic acids is 1. The third-order valence-electron chi connectivity index (χ3n) is 4.16. The highest BCUT2D eigenvalue weighted by atomic mass is 16.3. The SMILES string of the molecule is C[C@@H](O)Cn1nnc(Cn2cc(C(=O)NCc3nccn3C)c(=O)n(C)c2=O)n1. The second-order valence-electron chi connectivity index (χ2n) is 6.56. The molecule has 154 valence electrons. The van der Waals surface area contributed by atoms with Gasteiger partial charge in [0.05, 0.1) is 25.7 Å². The lowest BCUT2D eigenvalue weighted by Crippen LogP contribution is -2.43. The van der Waals surface area contributed by atoms with E-state index in [1.54, 1.807) is 30.9 Å². The highest BCUT2D eigenvalue weighted by Gasteiger charge is 2.17. The van der Waals surface area contributed by atoms with Gasteiger partial charge in [-0.1, -0.05) is 0 Å². The Bertz CT molecular complexity index is 1140. The highest BCUT2D eigenvalue weighted by molar-refractivity contribution is 5.93. The standard InChI is InChI=1S/C16H21N9O4/c1-10(26)7-25-20-12(19-21-25)9-24-8-11(15(28)23(3)16(24)29)14(27)18-6-13-17-4-5-22(13)2/h4-5,8,10,26H,6-7,9H2,1-3H3,(H,18,27)/t10-/m1/s1. The van der Waals surface area contributed by atoms with Crippen molar-refractivity contribution in [1.82, 2.24) is 44.2 Å². The van der Waals surface area contributed by atoms with Crippen molar-refractivity contribution in [3.05, 3.63) is 56.6 Å². The molecular weight excluding hydrogens is 382 g/mol. The molecule has 0 aliphatic heterocycles. The number of imidazole rings is 1. The first-order valence-electron chi connectivity index (χ1n) is 8.76. The summed E-state index contributed by atoms with van der Waals surface area (Å²) in [6.45, 7) is 1.76. The minimum absolute atomic E-state index is 0.0909. The third kappa shape index (κ3) is 4.45. The van der Waals surface area contributed by atoms with Crippen LogP contribution in [0.2, 0.25) is 0 Å². The molecular formula is C16H21N9O4. The summed E-state index contributed by atoms with van der Waals surface area (Å²) in [5.41, 5.74) is -1.53. The fourth-order valence-corrected chi connectivity index (χ4v) is 2.62. The fourth-order valence-electron chi connectivity index (χ4n) is 2.62. The van der Waals surface area contributed by atoms with Gasteiger partial charge in [-0.2, -0.15) is 4.80 Å². The molecule has 0 aliphatic carbocycles. The molecule has 0 bridgehead atoms. The van der Waals surface area contributed by atoms with Crippen LogP contribution in [0, 0.1) is 0 Å². The molecule has 0 unspecified atom stereocenters. The Morgan fingerprint density at radius 3 is 2.72 bits per heavy atom. The van der Waals surface area contributed by atoms with Gasteiger partial charge in [0.25, 0.3) is 11.5 Å². The summed E-state index contributed by atoms with van der Waals surface area (Å²) in [5, 5.41) is 23.7. The molecule has 0 saturated carbocycles. The molecule has 3 aromatic rings. The first-order valence-corrected chi connectivity index (χ1v) is 8.76. The summed E-state index contributed by atoms with van der Waals surface area (Å²) in [5.74, 6) is 0.182. The first kappa shape index (κ1) is 20.1. The molecule has 3 aromatic heterocycles. The van der Waals surface area contributed by atoms with Gasteiger partial charge in [-0.25, -0.2) is 9.78 Å². The Kier molecular flexibility index (Phi) is 5.68. The van der Waals surface area contributed by atoms with Crippen molar-refractivity contribution < 1.29 is 9.90 Å². The van der Waals surface area contributed by atoms with E-state index in [4.69, 9.17) is 0 Å². The van der Waals surface area contributed by atoms with Crippen molar-refractivity contribution in [3.63, 3.8) is 0 Å². The van der Waals surface area contributed by atoms with Crippen molar-refractivity contribution in [3.8, 4) is 0 Å². The normalized spacial score (nSPS) is 12.1. The van der Waals surface area contributed by atoms with Gasteiger partial charge in [0, 0.05) is 32.7 Å². The smallest absolute Gasteiger partial charge is 0.331 e. The zero-order valence-electron chi connectivity index (χ0n) is 16.2. The number of hydrogen-bond acceptors (Lipinski definition) is 8. The van der Waals surface area contributed by atoms with Gasteiger partial charge in [0.2, 0.25) is 0 Å². The summed E-state index contributed by atoms with van der Waals surface area (Å²) in [4.78, 5) is 42.6. The minimum atomic E-state index is -0.714. The number of rotatable bonds is 7. The summed E-state index contributed by atoms with van der Waals surface area (Å²) in [7, 11) is 3.07. The molecule has 0 radical (unpaired) electrons. The molecule has 1 amide bonds. The van der Waals surface area contributed by atoms with Gasteiger partial charge < -0.3 is 15.0 Å². The van der Waals surface area contributed by atoms with E-state index < -0.39 is 23.3 Å². The van der Waals surface area contributed by atoms with Crippen molar-refractivity contribution >= 4 is 5.91 Å². The van der Waals surface area contributed by atoms with Gasteiger partial charge in [-0.15, -0.1) is 10.2 Å². The second-order valence-corrected chi connectivity index (χ2v) is 6.56. The predicted octanol–water partition coefficient (Wildman–Crippen LogP) is -2.37. The number of aromatic nitrogens is 8. The van der Waals surface area contributed by atoms with Crippen molar-refractivity contribution in [2.45, 2.75) is 32.7 Å². The van der Waals surface area contributed by atoms with E-state index in [9.17, 15) is 19.5 Å². The maximum Gasteiger partial charge on any atom is 0.331 e. The average Bonchev–Trinajstić information content (AvgIpc) is 3.28. The number of aliphatic hydroxyl groups excluding tert-OH is 1. The number of aliphatic hydroxyl groups is 1. The van der Waals surface area contributed by atoms with E-state index in [0.717, 1.165) is 9.13 Å². The largest absolute Gasteiger partial charge is 0.391 e. The van der Waals surface area contributed by atoms with E-state index in [0.29, 0.717) is 5.82 Å². The maximum atomic E-state index is 12.5. The molecule has 3 heterocycles. The third-order valence-corrected chi connectivity index (χ3v) is 4.16. The zero-order chi connectivity index (χ0) is 21.1. The van der Waals surface area contributed by atoms with Crippen LogP contribution in [0.1, 0.15) is 28.9 Å². The average molecular weight is 403 g/mol. The Morgan fingerprint density at radius 2 is 2.07 bits per heavy atom. The molecule has 1 atom stereocenters. The van der Waals surface area contributed by atoms with Crippen LogP contribution in [0.5, 0.6) is 0 Å². The van der Waals surface area contributed by atoms with Gasteiger partial charge in [-0.3, -0.25) is 18.7 Å². The monoisotopic (exact) mass is 403 g/mol. The van der Waals surface area contributed by atoms with E-state index in [-0.39, 0.29) is 31.0 Å². The van der Waals surface area contributed by atoms with E-state index in [2.05, 4.69) is 25.7 Å². The molecule has 2 N–H and O–H groups in total. The fraction of sp³-hybridized carbons (Fsp3) is 0.438. The lowest BCUT2D eigenvalue weighted by Gasteiger charge is -2.10. The van der Waals surface area contributed by atoms with Crippen molar-refractivity contribution in [2.75, 3.05) is 0 Å². The Labute approximate surface area is 164 Å². The van der Waals surface area contributed by atoms with Gasteiger partial charge in [0.15, 0.2) is 5.82 Å². The molecule has 13 heteroatoms. The van der Waals surface area contributed by atoms with Crippen LogP contribution in [-0.4, -0.2) is 56.0 Å². The van der Waals surface area contributed by atoms with E-state index in [1.807, 2.05) is 0 Å². The van der Waals surface area contributed by atoms with E-state index in [1.165, 1.54) is 18.0 Å². The predicted molar refractivity (Wildman–Crippen MR) is 98.9 cm³/mol. The number of nitrogens with one attached hydrogen (secondary N) is 1.